The number of carbonyl (C=O) groups excluding carboxylic acids is 3. The molecular formula is C56H81N9O10Si. The van der Waals surface area contributed by atoms with Gasteiger partial charge in [-0.05, 0) is 123 Å². The summed E-state index contributed by atoms with van der Waals surface area (Å²) in [7, 11) is -0.489. The fraction of sp³-hybridized carbons (Fsp3) is 0.518. The minimum absolute atomic E-state index is 0.0300. The molecule has 4 heterocycles. The van der Waals surface area contributed by atoms with Gasteiger partial charge in [-0.1, -0.05) is 58.4 Å². The molecule has 20 heteroatoms. The molecule has 0 aliphatic carbocycles. The minimum atomic E-state index is -2.20. The van der Waals surface area contributed by atoms with Gasteiger partial charge in [-0.2, -0.15) is 10.2 Å². The number of fused-ring (bicyclic) bond motifs is 2. The van der Waals surface area contributed by atoms with Crippen molar-refractivity contribution in [1.82, 2.24) is 34.4 Å². The maximum atomic E-state index is 12.8. The summed E-state index contributed by atoms with van der Waals surface area (Å²) in [4.78, 5) is 48.5. The summed E-state index contributed by atoms with van der Waals surface area (Å²) in [5, 5.41) is 25.9. The number of carbonyl (C=O) groups is 3. The second-order valence-electron chi connectivity index (χ2n) is 21.6. The Balaban J connectivity index is 0.000000300. The Morgan fingerprint density at radius 1 is 0.711 bits per heavy atom. The van der Waals surface area contributed by atoms with E-state index in [9.17, 15) is 19.5 Å². The van der Waals surface area contributed by atoms with Gasteiger partial charge < -0.3 is 38.1 Å². The third-order valence-electron chi connectivity index (χ3n) is 12.3. The van der Waals surface area contributed by atoms with Gasteiger partial charge in [0.2, 0.25) is 0 Å². The zero-order valence-electron chi connectivity index (χ0n) is 47.4. The first-order chi connectivity index (χ1) is 35.7. The van der Waals surface area contributed by atoms with Gasteiger partial charge >= 0.3 is 18.3 Å². The smallest absolute Gasteiger partial charge is 0.411 e. The molecule has 3 amide bonds. The highest BCUT2D eigenvalue weighted by molar-refractivity contribution is 6.74. The zero-order valence-corrected chi connectivity index (χ0v) is 48.4. The maximum absolute atomic E-state index is 12.8. The van der Waals surface area contributed by atoms with E-state index in [1.54, 1.807) is 39.4 Å². The second kappa shape index (κ2) is 26.3. The molecule has 4 aromatic heterocycles. The quantitative estimate of drug-likeness (QED) is 0.0479. The molecular weight excluding hydrogens is 987 g/mol. The molecule has 414 valence electrons. The van der Waals surface area contributed by atoms with Crippen LogP contribution in [-0.2, 0) is 18.6 Å². The van der Waals surface area contributed by atoms with Crippen LogP contribution in [0.4, 0.5) is 25.8 Å². The molecule has 0 radical (unpaired) electrons. The average Bonchev–Trinajstić information content (AvgIpc) is 3.98. The van der Waals surface area contributed by atoms with Crippen molar-refractivity contribution in [2.75, 3.05) is 50.7 Å². The van der Waals surface area contributed by atoms with E-state index in [0.29, 0.717) is 63.9 Å². The number of rotatable bonds is 20. The number of hydrogen-bond acceptors (Lipinski definition) is 14. The molecule has 0 aliphatic rings. The monoisotopic (exact) mass is 1070 g/mol. The van der Waals surface area contributed by atoms with Gasteiger partial charge in [-0.3, -0.25) is 10.6 Å². The summed E-state index contributed by atoms with van der Waals surface area (Å²) in [5.74, 6) is 1.27. The number of pyridine rings is 2. The molecule has 19 nitrogen and oxygen atoms in total. The molecule has 6 aromatic rings. The van der Waals surface area contributed by atoms with Crippen LogP contribution in [0.25, 0.3) is 44.6 Å². The number of aromatic nitrogens is 6. The van der Waals surface area contributed by atoms with Gasteiger partial charge in [0.05, 0.1) is 77.9 Å². The van der Waals surface area contributed by atoms with Crippen LogP contribution in [-0.4, -0.2) is 124 Å². The van der Waals surface area contributed by atoms with Gasteiger partial charge in [-0.25, -0.2) is 33.7 Å². The number of benzene rings is 2. The molecule has 0 aliphatic heterocycles. The molecule has 0 fully saturated rings. The Morgan fingerprint density at radius 3 is 1.58 bits per heavy atom. The molecule has 6 rings (SSSR count). The van der Waals surface area contributed by atoms with Crippen LogP contribution in [0, 0.1) is 0 Å². The Hall–Kier alpha value is -6.77. The Morgan fingerprint density at radius 2 is 1.17 bits per heavy atom. The normalized spacial score (nSPS) is 12.7. The first kappa shape index (κ1) is 60.1. The van der Waals surface area contributed by atoms with E-state index in [1.807, 2.05) is 119 Å². The molecule has 0 saturated heterocycles. The van der Waals surface area contributed by atoms with Crippen molar-refractivity contribution in [1.29, 1.82) is 0 Å². The highest BCUT2D eigenvalue weighted by Gasteiger charge is 2.40. The first-order valence-electron chi connectivity index (χ1n) is 26.1. The lowest BCUT2D eigenvalue weighted by atomic mass is 10.1. The summed E-state index contributed by atoms with van der Waals surface area (Å²) < 4.78 is 38.2. The van der Waals surface area contributed by atoms with Crippen molar-refractivity contribution >= 4 is 60.0 Å². The lowest BCUT2D eigenvalue weighted by Gasteiger charge is -2.40. The highest BCUT2D eigenvalue weighted by atomic mass is 28.4. The van der Waals surface area contributed by atoms with E-state index in [4.69, 9.17) is 38.1 Å². The summed E-state index contributed by atoms with van der Waals surface area (Å²) in [6.07, 6.45) is 2.62. The van der Waals surface area contributed by atoms with E-state index in [1.165, 1.54) is 4.90 Å². The van der Waals surface area contributed by atoms with E-state index in [2.05, 4.69) is 54.7 Å². The largest absolute Gasteiger partial charge is 0.491 e. The van der Waals surface area contributed by atoms with Crippen LogP contribution in [0.1, 0.15) is 115 Å². The van der Waals surface area contributed by atoms with E-state index >= 15 is 0 Å². The Kier molecular flexibility index (Phi) is 20.8. The molecule has 2 aromatic carbocycles. The Labute approximate surface area is 449 Å². The van der Waals surface area contributed by atoms with Gasteiger partial charge in [0, 0.05) is 30.3 Å². The first-order valence-corrected chi connectivity index (χ1v) is 29.0. The number of amides is 3. The van der Waals surface area contributed by atoms with Gasteiger partial charge in [-0.15, -0.1) is 0 Å². The van der Waals surface area contributed by atoms with Crippen molar-refractivity contribution in [3.05, 3.63) is 73.1 Å². The van der Waals surface area contributed by atoms with E-state index < -0.39 is 38.3 Å². The van der Waals surface area contributed by atoms with Crippen LogP contribution < -0.4 is 20.1 Å². The summed E-state index contributed by atoms with van der Waals surface area (Å²) >= 11 is 0. The second-order valence-corrected chi connectivity index (χ2v) is 26.4. The van der Waals surface area contributed by atoms with Gasteiger partial charge in [0.25, 0.3) is 0 Å². The molecule has 76 heavy (non-hydrogen) atoms. The third-order valence-corrected chi connectivity index (χ3v) is 16.9. The van der Waals surface area contributed by atoms with E-state index in [-0.39, 0.29) is 49.7 Å². The molecule has 0 saturated carbocycles. The standard InChI is InChI=1S/C33H51N5O6Si.C23H30N4O4/c1-13-41-30(39)36-28-18-27(35-29-26(28)19-34-38(29)22(2)3)23-15-14-16-24(17-23)42-21-25(44-45(11,12)33(7,8)9)20-37(10)31(40)43-32(4,5)6;1-5-8-17(28)14-31-18-10-7-9-16(11-18)20-12-21(26-23(29)30-6-2)19-13-24-27(15(3)4)22(19)25-20/h14-19,22,25H,13,20-21H2,1-12H3,(H,35,36,39);7,9-13,15,17,28H,5-6,8,14H2,1-4H3,(H,25,26,29). The van der Waals surface area contributed by atoms with Crippen LogP contribution in [0.2, 0.25) is 18.1 Å². The van der Waals surface area contributed by atoms with Crippen molar-refractivity contribution in [3.63, 3.8) is 0 Å². The predicted octanol–water partition coefficient (Wildman–Crippen LogP) is 12.7. The predicted molar refractivity (Wildman–Crippen MR) is 301 cm³/mol. The van der Waals surface area contributed by atoms with Crippen molar-refractivity contribution in [2.45, 2.75) is 151 Å². The molecule has 2 atom stereocenters. The molecule has 0 spiro atoms. The van der Waals surface area contributed by atoms with Crippen LogP contribution in [0.5, 0.6) is 11.5 Å². The lowest BCUT2D eigenvalue weighted by molar-refractivity contribution is 0.0172. The van der Waals surface area contributed by atoms with Crippen molar-refractivity contribution in [3.8, 4) is 34.0 Å². The number of nitrogens with one attached hydrogen (secondary N) is 2. The highest BCUT2D eigenvalue weighted by Crippen LogP contribution is 2.38. The number of hydrogen-bond donors (Lipinski definition) is 3. The van der Waals surface area contributed by atoms with Crippen LogP contribution >= 0.6 is 0 Å². The molecule has 2 unspecified atom stereocenters. The summed E-state index contributed by atoms with van der Waals surface area (Å²) in [5.41, 5.74) is 4.78. The Bertz CT molecular complexity index is 2890. The fourth-order valence-corrected chi connectivity index (χ4v) is 8.90. The number of anilines is 2. The van der Waals surface area contributed by atoms with E-state index in [0.717, 1.165) is 22.9 Å². The minimum Gasteiger partial charge on any atom is -0.491 e. The van der Waals surface area contributed by atoms with Crippen molar-refractivity contribution < 1.29 is 47.6 Å². The van der Waals surface area contributed by atoms with Crippen molar-refractivity contribution in [2.24, 2.45) is 0 Å². The number of nitrogens with zero attached hydrogens (tertiary/aromatic N) is 7. The third kappa shape index (κ3) is 16.6. The number of aliphatic hydroxyl groups excluding tert-OH is 1. The lowest BCUT2D eigenvalue weighted by Crippen LogP contribution is -2.49. The molecule has 0 bridgehead atoms. The fourth-order valence-electron chi connectivity index (χ4n) is 7.57. The number of ether oxygens (including phenoxy) is 5. The maximum Gasteiger partial charge on any atom is 0.411 e. The van der Waals surface area contributed by atoms with Crippen LogP contribution in [0.3, 0.4) is 0 Å². The number of aliphatic hydroxyl groups is 1. The average molecular weight is 1070 g/mol. The molecule has 3 N–H and O–H groups in total. The summed E-state index contributed by atoms with van der Waals surface area (Å²) in [6, 6.07) is 18.9. The number of likely N-dealkylation sites (N-methyl/N-ethyl adjacent to an activating group) is 1. The topological polar surface area (TPSA) is 216 Å². The zero-order chi connectivity index (χ0) is 56.1. The van der Waals surface area contributed by atoms with Crippen LogP contribution in [0.15, 0.2) is 73.1 Å². The summed E-state index contributed by atoms with van der Waals surface area (Å²) in [6.45, 7) is 31.4. The van der Waals surface area contributed by atoms with Gasteiger partial charge in [0.1, 0.15) is 30.3 Å². The SMILES string of the molecule is CCCC(O)COc1cccc(-c2cc(NC(=O)OCC)c3cnn(C(C)C)c3n2)c1.CCOC(=O)Nc1cc(-c2cccc(OCC(CN(C)C(=O)OC(C)(C)C)O[Si](C)(C)C(C)(C)C)c2)nc2c1cnn2C(C)C. The van der Waals surface area contributed by atoms with Gasteiger partial charge in [0.15, 0.2) is 19.6 Å².